The maximum absolute atomic E-state index is 7.44. The van der Waals surface area contributed by atoms with Crippen LogP contribution in [0.1, 0.15) is 13.3 Å². The number of nitrogens with one attached hydrogen (secondary N) is 1. The van der Waals surface area contributed by atoms with Gasteiger partial charge in [-0.15, -0.1) is 0 Å². The van der Waals surface area contributed by atoms with Crippen LogP contribution in [0.2, 0.25) is 0 Å². The van der Waals surface area contributed by atoms with E-state index < -0.39 is 0 Å². The molecule has 0 atom stereocenters. The molecule has 0 fully saturated rings. The minimum absolute atomic E-state index is 0.572. The summed E-state index contributed by atoms with van der Waals surface area (Å²) >= 11 is 0. The molecule has 0 unspecified atom stereocenters. The lowest BCUT2D eigenvalue weighted by molar-refractivity contribution is 0.310. The number of ether oxygens (including phenoxy) is 1. The van der Waals surface area contributed by atoms with Gasteiger partial charge in [0, 0.05) is 6.42 Å². The molecule has 0 heterocycles. The fraction of sp³-hybridized carbons (Fsp3) is 0.375. The second kappa shape index (κ2) is 2.69. The van der Waals surface area contributed by atoms with E-state index in [9.17, 15) is 0 Å². The Morgan fingerprint density at radius 2 is 2.30 bits per heavy atom. The lowest BCUT2D eigenvalue weighted by Gasteiger charge is -2.11. The van der Waals surface area contributed by atoms with Crippen molar-refractivity contribution in [3.63, 3.8) is 0 Å². The molecular weight excluding hydrogens is 126 g/mol. The first kappa shape index (κ1) is 7.06. The van der Waals surface area contributed by atoms with Gasteiger partial charge in [0.15, 0.2) is 0 Å². The van der Waals surface area contributed by atoms with Gasteiger partial charge in [-0.3, -0.25) is 0 Å². The molecule has 1 aliphatic carbocycles. The maximum Gasteiger partial charge on any atom is 0.142 e. The van der Waals surface area contributed by atoms with Crippen molar-refractivity contribution in [1.82, 2.24) is 0 Å². The maximum atomic E-state index is 7.44. The van der Waals surface area contributed by atoms with Gasteiger partial charge in [0.2, 0.25) is 0 Å². The standard InChI is InChI=1S/C8H11NO/c1-6-4-3-5-7(9)8(6)10-2/h3-4,9H,5H2,1-2H3. The lowest BCUT2D eigenvalue weighted by atomic mass is 10.0. The molecule has 0 aliphatic heterocycles. The van der Waals surface area contributed by atoms with Crippen LogP contribution in [-0.4, -0.2) is 12.8 Å². The first-order chi connectivity index (χ1) is 4.75. The van der Waals surface area contributed by atoms with Crippen molar-refractivity contribution in [2.24, 2.45) is 0 Å². The summed E-state index contributed by atoms with van der Waals surface area (Å²) in [6.45, 7) is 1.95. The van der Waals surface area contributed by atoms with Crippen molar-refractivity contribution in [3.05, 3.63) is 23.5 Å². The molecule has 1 aliphatic rings. The molecule has 0 radical (unpaired) electrons. The fourth-order valence-corrected chi connectivity index (χ4v) is 1.04. The second-order valence-electron chi connectivity index (χ2n) is 2.30. The van der Waals surface area contributed by atoms with Crippen molar-refractivity contribution in [3.8, 4) is 0 Å². The highest BCUT2D eigenvalue weighted by Gasteiger charge is 2.09. The zero-order valence-corrected chi connectivity index (χ0v) is 6.27. The average Bonchev–Trinajstić information content (AvgIpc) is 1.88. The van der Waals surface area contributed by atoms with E-state index in [4.69, 9.17) is 10.1 Å². The summed E-state index contributed by atoms with van der Waals surface area (Å²) in [4.78, 5) is 0. The Morgan fingerprint density at radius 3 is 2.70 bits per heavy atom. The number of hydrogen-bond donors (Lipinski definition) is 1. The third-order valence-corrected chi connectivity index (χ3v) is 1.53. The summed E-state index contributed by atoms with van der Waals surface area (Å²) < 4.78 is 5.02. The molecule has 2 nitrogen and oxygen atoms in total. The Morgan fingerprint density at radius 1 is 1.60 bits per heavy atom. The Hall–Kier alpha value is -1.05. The van der Waals surface area contributed by atoms with Gasteiger partial charge in [0.25, 0.3) is 0 Å². The zero-order chi connectivity index (χ0) is 7.56. The molecule has 0 saturated heterocycles. The number of hydrogen-bond acceptors (Lipinski definition) is 2. The number of methoxy groups -OCH3 is 1. The van der Waals surface area contributed by atoms with E-state index in [1.54, 1.807) is 7.11 Å². The smallest absolute Gasteiger partial charge is 0.142 e. The molecule has 54 valence electrons. The van der Waals surface area contributed by atoms with Crippen molar-refractivity contribution >= 4 is 5.71 Å². The largest absolute Gasteiger partial charge is 0.495 e. The molecule has 0 bridgehead atoms. The van der Waals surface area contributed by atoms with Crippen LogP contribution in [0.3, 0.4) is 0 Å². The monoisotopic (exact) mass is 137 g/mol. The van der Waals surface area contributed by atoms with Gasteiger partial charge < -0.3 is 10.1 Å². The summed E-state index contributed by atoms with van der Waals surface area (Å²) in [5.74, 6) is 0.725. The van der Waals surface area contributed by atoms with Crippen molar-refractivity contribution < 1.29 is 4.74 Å². The summed E-state index contributed by atoms with van der Waals surface area (Å²) in [6.07, 6.45) is 4.65. The van der Waals surface area contributed by atoms with E-state index in [1.165, 1.54) is 0 Å². The summed E-state index contributed by atoms with van der Waals surface area (Å²) in [6, 6.07) is 0. The Kier molecular flexibility index (Phi) is 1.90. The van der Waals surface area contributed by atoms with E-state index in [0.717, 1.165) is 11.3 Å². The van der Waals surface area contributed by atoms with Crippen molar-refractivity contribution in [2.45, 2.75) is 13.3 Å². The molecule has 0 saturated carbocycles. The van der Waals surface area contributed by atoms with Crippen LogP contribution < -0.4 is 0 Å². The average molecular weight is 137 g/mol. The summed E-state index contributed by atoms with van der Waals surface area (Å²) in [7, 11) is 1.60. The summed E-state index contributed by atoms with van der Waals surface area (Å²) in [5.41, 5.74) is 1.61. The predicted molar refractivity (Wildman–Crippen MR) is 41.2 cm³/mol. The van der Waals surface area contributed by atoms with E-state index in [-0.39, 0.29) is 0 Å². The van der Waals surface area contributed by atoms with Crippen LogP contribution in [0.15, 0.2) is 23.5 Å². The van der Waals surface area contributed by atoms with Crippen molar-refractivity contribution in [1.29, 1.82) is 5.41 Å². The quantitative estimate of drug-likeness (QED) is 0.588. The van der Waals surface area contributed by atoms with Crippen LogP contribution in [-0.2, 0) is 4.74 Å². The molecule has 0 aromatic carbocycles. The zero-order valence-electron chi connectivity index (χ0n) is 6.27. The van der Waals surface area contributed by atoms with Gasteiger partial charge in [0.1, 0.15) is 5.76 Å². The first-order valence-electron chi connectivity index (χ1n) is 3.25. The number of allylic oxidation sites excluding steroid dienone is 4. The summed E-state index contributed by atoms with van der Waals surface area (Å²) in [5, 5.41) is 7.44. The van der Waals surface area contributed by atoms with E-state index >= 15 is 0 Å². The Labute approximate surface area is 60.7 Å². The Balaban J connectivity index is 2.94. The molecule has 0 aromatic heterocycles. The highest BCUT2D eigenvalue weighted by atomic mass is 16.5. The van der Waals surface area contributed by atoms with Crippen LogP contribution >= 0.6 is 0 Å². The topological polar surface area (TPSA) is 33.1 Å². The first-order valence-corrected chi connectivity index (χ1v) is 3.25. The second-order valence-corrected chi connectivity index (χ2v) is 2.30. The molecule has 2 heteroatoms. The van der Waals surface area contributed by atoms with Crippen LogP contribution in [0.5, 0.6) is 0 Å². The minimum Gasteiger partial charge on any atom is -0.495 e. The third-order valence-electron chi connectivity index (χ3n) is 1.53. The SMILES string of the molecule is COC1=C(C)C=CCC1=N. The van der Waals surface area contributed by atoms with Crippen molar-refractivity contribution in [2.75, 3.05) is 7.11 Å². The molecule has 0 amide bonds. The highest BCUT2D eigenvalue weighted by Crippen LogP contribution is 2.15. The third kappa shape index (κ3) is 1.10. The fourth-order valence-electron chi connectivity index (χ4n) is 1.04. The van der Waals surface area contributed by atoms with Gasteiger partial charge in [0.05, 0.1) is 12.8 Å². The predicted octanol–water partition coefficient (Wildman–Crippen LogP) is 1.89. The molecule has 0 aromatic rings. The van der Waals surface area contributed by atoms with Gasteiger partial charge in [-0.25, -0.2) is 0 Å². The normalized spacial score (nSPS) is 18.0. The number of rotatable bonds is 1. The molecule has 1 rings (SSSR count). The molecule has 0 spiro atoms. The highest BCUT2D eigenvalue weighted by molar-refractivity contribution is 5.98. The van der Waals surface area contributed by atoms with Gasteiger partial charge in [-0.2, -0.15) is 0 Å². The minimum atomic E-state index is 0.572. The van der Waals surface area contributed by atoms with Gasteiger partial charge in [-0.1, -0.05) is 12.2 Å². The van der Waals surface area contributed by atoms with E-state index in [1.807, 2.05) is 19.1 Å². The molecule has 1 N–H and O–H groups in total. The Bertz CT molecular complexity index is 213. The molecule has 10 heavy (non-hydrogen) atoms. The van der Waals surface area contributed by atoms with Crippen LogP contribution in [0.25, 0.3) is 0 Å². The van der Waals surface area contributed by atoms with E-state index in [2.05, 4.69) is 0 Å². The van der Waals surface area contributed by atoms with Gasteiger partial charge >= 0.3 is 0 Å². The lowest BCUT2D eigenvalue weighted by Crippen LogP contribution is -2.07. The van der Waals surface area contributed by atoms with Gasteiger partial charge in [-0.05, 0) is 12.5 Å². The van der Waals surface area contributed by atoms with E-state index in [0.29, 0.717) is 12.1 Å². The van der Waals surface area contributed by atoms with Crippen LogP contribution in [0, 0.1) is 5.41 Å². The molecular formula is C8H11NO. The van der Waals surface area contributed by atoms with Crippen LogP contribution in [0.4, 0.5) is 0 Å².